The monoisotopic (exact) mass is 1160 g/mol. The number of allylic oxidation sites excluding steroid dienone is 9. The lowest BCUT2D eigenvalue weighted by molar-refractivity contribution is -0.234. The minimum atomic E-state index is -1.82. The van der Waals surface area contributed by atoms with E-state index in [1.54, 1.807) is 26.0 Å². The van der Waals surface area contributed by atoms with Crippen LogP contribution in [0.1, 0.15) is 124 Å². The third-order valence-electron chi connectivity index (χ3n) is 15.2. The smallest absolute Gasteiger partial charge is 0.115 e. The van der Waals surface area contributed by atoms with Gasteiger partial charge in [0.1, 0.15) is 61.0 Å². The van der Waals surface area contributed by atoms with Crippen molar-refractivity contribution in [2.75, 3.05) is 13.2 Å². The van der Waals surface area contributed by atoms with Crippen molar-refractivity contribution in [3.8, 4) is 0 Å². The number of rotatable bonds is 40. The molecule has 0 aromatic heterocycles. The Hall–Kier alpha value is -2.70. The Labute approximate surface area is 477 Å². The molecule has 20 N–H and O–H groups in total. The largest absolute Gasteiger partial charge is 0.394 e. The first-order valence-electron chi connectivity index (χ1n) is 28.7. The number of aliphatic hydroxyl groups is 20. The minimum Gasteiger partial charge on any atom is -0.394 e. The van der Waals surface area contributed by atoms with E-state index < -0.39 is 140 Å². The van der Waals surface area contributed by atoms with E-state index in [9.17, 15) is 91.9 Å². The standard InChI is InChI=1S/C59H102O22/c1-34(18-14-13-16-20-40(64)33-61)26-43(67)44(68)28-37(4)51(73)46(70)29-38(62)24-22-35(2)27-45(69)54(76)59-55(77)47(71)30-49(80-59)41(65)25-23-36(3)52(74)57(79)50-31-48(72)56(78)58(81-50)53(75)42(66)21-17-12-10-8-6-5-7-9-11-15-19-39(63)32-60/h5-9,11,13,16-17,21,27,34,37-79H,3,10,12,14-15,18-20,22-26,28-33H2,1-2,4H3/b7-5+,8-6+,11-9+,16-13+,21-17+,35-27+/t34-,37+,38+,39+,40+,41-,42-,43+,44+,45-,46+,47-,48-,49-,50-,51-,52-,53+,54+,55-,56-,57+,58+,59+/m1/s1. The highest BCUT2D eigenvalue weighted by atomic mass is 16.6. The van der Waals surface area contributed by atoms with Gasteiger partial charge in [-0.25, -0.2) is 0 Å². The molecule has 81 heavy (non-hydrogen) atoms. The van der Waals surface area contributed by atoms with Crippen molar-refractivity contribution in [1.29, 1.82) is 0 Å². The van der Waals surface area contributed by atoms with Gasteiger partial charge < -0.3 is 112 Å². The summed E-state index contributed by atoms with van der Waals surface area (Å²) in [6, 6.07) is 0. The molecule has 2 aliphatic heterocycles. The fraction of sp³-hybridized carbons (Fsp3) is 0.763. The van der Waals surface area contributed by atoms with E-state index in [1.165, 1.54) is 12.2 Å². The zero-order valence-electron chi connectivity index (χ0n) is 47.4. The summed E-state index contributed by atoms with van der Waals surface area (Å²) >= 11 is 0. The first-order valence-corrected chi connectivity index (χ1v) is 28.7. The Balaban J connectivity index is 1.86. The van der Waals surface area contributed by atoms with Crippen molar-refractivity contribution in [3.63, 3.8) is 0 Å². The first-order chi connectivity index (χ1) is 38.2. The Morgan fingerprint density at radius 1 is 0.531 bits per heavy atom. The van der Waals surface area contributed by atoms with Crippen LogP contribution < -0.4 is 0 Å². The zero-order valence-corrected chi connectivity index (χ0v) is 47.4. The third-order valence-corrected chi connectivity index (χ3v) is 15.2. The van der Waals surface area contributed by atoms with Crippen LogP contribution in [0.5, 0.6) is 0 Å². The van der Waals surface area contributed by atoms with Gasteiger partial charge in [-0.2, -0.15) is 0 Å². The molecule has 0 aromatic carbocycles. The summed E-state index contributed by atoms with van der Waals surface area (Å²) in [4.78, 5) is 0. The summed E-state index contributed by atoms with van der Waals surface area (Å²) in [5.41, 5.74) is 0.483. The van der Waals surface area contributed by atoms with Gasteiger partial charge >= 0.3 is 0 Å². The lowest BCUT2D eigenvalue weighted by atomic mass is 9.86. The van der Waals surface area contributed by atoms with Crippen LogP contribution in [0.3, 0.4) is 0 Å². The molecule has 0 radical (unpaired) electrons. The molecule has 24 atom stereocenters. The maximum Gasteiger partial charge on any atom is 0.115 e. The summed E-state index contributed by atoms with van der Waals surface area (Å²) < 4.78 is 11.6. The molecule has 2 heterocycles. The van der Waals surface area contributed by atoms with Crippen LogP contribution in [0.4, 0.5) is 0 Å². The second-order valence-corrected chi connectivity index (χ2v) is 22.5. The zero-order chi connectivity index (χ0) is 60.9. The highest BCUT2D eigenvalue weighted by Crippen LogP contribution is 2.32. The van der Waals surface area contributed by atoms with Gasteiger partial charge in [0.25, 0.3) is 0 Å². The molecule has 0 bridgehead atoms. The molecule has 0 aliphatic carbocycles. The number of unbranched alkanes of at least 4 members (excludes halogenated alkanes) is 1. The van der Waals surface area contributed by atoms with Crippen LogP contribution in [0.15, 0.2) is 84.6 Å². The maximum atomic E-state index is 11.1. The van der Waals surface area contributed by atoms with Crippen molar-refractivity contribution in [1.82, 2.24) is 0 Å². The highest BCUT2D eigenvalue weighted by Gasteiger charge is 2.47. The van der Waals surface area contributed by atoms with Gasteiger partial charge in [0.15, 0.2) is 0 Å². The molecule has 0 spiro atoms. The molecule has 2 fully saturated rings. The maximum absolute atomic E-state index is 11.1. The predicted octanol–water partition coefficient (Wildman–Crippen LogP) is -1.20. The summed E-state index contributed by atoms with van der Waals surface area (Å²) in [7, 11) is 0. The third kappa shape index (κ3) is 27.5. The Kier molecular flexibility index (Phi) is 36.6. The lowest BCUT2D eigenvalue weighted by Gasteiger charge is -2.42. The van der Waals surface area contributed by atoms with Gasteiger partial charge in [0.05, 0.1) is 86.5 Å². The summed E-state index contributed by atoms with van der Waals surface area (Å²) in [6.07, 6.45) is -9.38. The van der Waals surface area contributed by atoms with Crippen molar-refractivity contribution < 1.29 is 112 Å². The molecule has 2 rings (SSSR count). The fourth-order valence-electron chi connectivity index (χ4n) is 9.78. The molecule has 0 unspecified atom stereocenters. The van der Waals surface area contributed by atoms with Crippen LogP contribution in [0, 0.1) is 11.8 Å². The van der Waals surface area contributed by atoms with Crippen molar-refractivity contribution in [2.45, 2.75) is 258 Å². The van der Waals surface area contributed by atoms with Gasteiger partial charge in [-0.3, -0.25) is 0 Å². The molecule has 2 saturated heterocycles. The van der Waals surface area contributed by atoms with Crippen LogP contribution in [-0.2, 0) is 9.47 Å². The van der Waals surface area contributed by atoms with E-state index in [2.05, 4.69) is 6.58 Å². The van der Waals surface area contributed by atoms with Gasteiger partial charge in [-0.15, -0.1) is 0 Å². The number of aliphatic hydroxyl groups excluding tert-OH is 20. The van der Waals surface area contributed by atoms with Crippen LogP contribution >= 0.6 is 0 Å². The number of hydrogen-bond donors (Lipinski definition) is 20. The minimum absolute atomic E-state index is 0.000254. The quantitative estimate of drug-likeness (QED) is 0.0195. The topological polar surface area (TPSA) is 423 Å². The van der Waals surface area contributed by atoms with Crippen molar-refractivity contribution >= 4 is 0 Å². The van der Waals surface area contributed by atoms with E-state index in [4.69, 9.17) is 19.7 Å². The molecule has 0 amide bonds. The van der Waals surface area contributed by atoms with E-state index in [0.29, 0.717) is 56.9 Å². The first kappa shape index (κ1) is 74.4. The summed E-state index contributed by atoms with van der Waals surface area (Å²) in [5, 5.41) is 210. The lowest BCUT2D eigenvalue weighted by Crippen LogP contribution is -2.59. The van der Waals surface area contributed by atoms with E-state index in [1.807, 2.05) is 49.5 Å². The molecule has 2 aliphatic rings. The average molecular weight is 1160 g/mol. The number of ether oxygens (including phenoxy) is 2. The summed E-state index contributed by atoms with van der Waals surface area (Å²) in [6.45, 7) is 8.34. The molecule has 470 valence electrons. The molecule has 0 aromatic rings. The molecule has 0 saturated carbocycles. The highest BCUT2D eigenvalue weighted by molar-refractivity contribution is 5.12. The predicted molar refractivity (Wildman–Crippen MR) is 300 cm³/mol. The Bertz CT molecular complexity index is 1880. The van der Waals surface area contributed by atoms with Gasteiger partial charge in [-0.05, 0) is 108 Å². The van der Waals surface area contributed by atoms with E-state index in [0.717, 1.165) is 0 Å². The Morgan fingerprint density at radius 3 is 1.69 bits per heavy atom. The van der Waals surface area contributed by atoms with Gasteiger partial charge in [0, 0.05) is 19.3 Å². The molecule has 22 nitrogen and oxygen atoms in total. The van der Waals surface area contributed by atoms with Gasteiger partial charge in [-0.1, -0.05) is 92.8 Å². The normalized spacial score (nSPS) is 28.6. The molecular weight excluding hydrogens is 1060 g/mol. The van der Waals surface area contributed by atoms with Gasteiger partial charge in [0.2, 0.25) is 0 Å². The number of hydrogen-bond acceptors (Lipinski definition) is 22. The van der Waals surface area contributed by atoms with Crippen LogP contribution in [-0.4, -0.2) is 250 Å². The van der Waals surface area contributed by atoms with Crippen LogP contribution in [0.25, 0.3) is 0 Å². The SMILES string of the molecule is C=C(CC[C@@H](O)[C@H]1C[C@@H](O)[C@@H](O)[C@H]([C@@H](O)[C@H](O)/C=C(\C)CC[C@H](O)C[C@H](O)[C@H](O)[C@@H](C)C[C@H](O)[C@@H](O)C[C@H](C)CC/C=C/C[C@H](O)CO)O1)[C@@H](O)[C@@H](O)[C@H]1C[C@@H](O)[C@@H](O)[C@H]([C@@H](O)[C@H](O)/C=C/CC/C=C/C=C/C=C/CC[C@H](O)CO)O1. The molecular formula is C59H102O22. The second kappa shape index (κ2) is 39.8. The second-order valence-electron chi connectivity index (χ2n) is 22.5. The average Bonchev–Trinajstić information content (AvgIpc) is 3.43. The Morgan fingerprint density at radius 2 is 1.07 bits per heavy atom. The van der Waals surface area contributed by atoms with Crippen molar-refractivity contribution in [3.05, 3.63) is 84.6 Å². The van der Waals surface area contributed by atoms with Crippen LogP contribution in [0.2, 0.25) is 0 Å². The van der Waals surface area contributed by atoms with Crippen molar-refractivity contribution in [2.24, 2.45) is 11.8 Å². The summed E-state index contributed by atoms with van der Waals surface area (Å²) in [5.74, 6) is -0.603. The van der Waals surface area contributed by atoms with E-state index in [-0.39, 0.29) is 76.1 Å². The van der Waals surface area contributed by atoms with E-state index >= 15 is 0 Å². The fourth-order valence-corrected chi connectivity index (χ4v) is 9.78. The molecule has 22 heteroatoms.